The lowest BCUT2D eigenvalue weighted by Gasteiger charge is -2.38. The summed E-state index contributed by atoms with van der Waals surface area (Å²) >= 11 is 0. The summed E-state index contributed by atoms with van der Waals surface area (Å²) in [6, 6.07) is 11.7. The van der Waals surface area contributed by atoms with Crippen LogP contribution in [-0.4, -0.2) is 27.6 Å². The monoisotopic (exact) mass is 368 g/mol. The van der Waals surface area contributed by atoms with Crippen molar-refractivity contribution >= 4 is 16.9 Å². The number of nitro groups is 1. The summed E-state index contributed by atoms with van der Waals surface area (Å²) in [5.74, 6) is 0. The first-order chi connectivity index (χ1) is 12.7. The highest BCUT2D eigenvalue weighted by Crippen LogP contribution is 2.39. The fourth-order valence-electron chi connectivity index (χ4n) is 3.53. The molecule has 3 rings (SSSR count). The molecular weight excluding hydrogens is 344 g/mol. The molecule has 6 heteroatoms. The maximum Gasteiger partial charge on any atom is 0.415 e. The smallest absolute Gasteiger partial charge is 0.415 e. The van der Waals surface area contributed by atoms with E-state index in [1.165, 1.54) is 4.90 Å². The zero-order valence-corrected chi connectivity index (χ0v) is 16.0. The maximum absolute atomic E-state index is 13.0. The van der Waals surface area contributed by atoms with Gasteiger partial charge in [0.05, 0.1) is 0 Å². The second-order valence-corrected chi connectivity index (χ2v) is 7.80. The van der Waals surface area contributed by atoms with Gasteiger partial charge in [-0.2, -0.15) is 0 Å². The number of carbonyl (C=O) groups excluding carboxylic acids is 1. The number of allylic oxidation sites excluding steroid dienone is 1. The van der Waals surface area contributed by atoms with E-state index in [-0.39, 0.29) is 11.3 Å². The highest BCUT2D eigenvalue weighted by Gasteiger charge is 2.44. The van der Waals surface area contributed by atoms with Crippen molar-refractivity contribution in [3.63, 3.8) is 0 Å². The second kappa shape index (κ2) is 7.02. The molecule has 0 aromatic heterocycles. The largest absolute Gasteiger partial charge is 0.443 e. The molecule has 6 nitrogen and oxygen atoms in total. The van der Waals surface area contributed by atoms with Crippen LogP contribution < -0.4 is 0 Å². The summed E-state index contributed by atoms with van der Waals surface area (Å²) in [5.41, 5.74) is 0.732. The summed E-state index contributed by atoms with van der Waals surface area (Å²) in [5, 5.41) is 13.7. The van der Waals surface area contributed by atoms with E-state index in [1.807, 2.05) is 42.5 Å². The van der Waals surface area contributed by atoms with Crippen LogP contribution in [0.1, 0.15) is 45.7 Å². The van der Waals surface area contributed by atoms with Crippen molar-refractivity contribution in [2.24, 2.45) is 0 Å². The average molecular weight is 368 g/mol. The Bertz CT molecular complexity index is 909. The number of nitrogens with zero attached hydrogens (tertiary/aromatic N) is 2. The molecule has 2 atom stereocenters. The van der Waals surface area contributed by atoms with E-state index >= 15 is 0 Å². The fourth-order valence-corrected chi connectivity index (χ4v) is 3.53. The van der Waals surface area contributed by atoms with Gasteiger partial charge in [0.15, 0.2) is 0 Å². The van der Waals surface area contributed by atoms with E-state index in [2.05, 4.69) is 0 Å². The third kappa shape index (κ3) is 3.79. The maximum atomic E-state index is 13.0. The lowest BCUT2D eigenvalue weighted by atomic mass is 9.89. The van der Waals surface area contributed by atoms with Gasteiger partial charge in [-0.15, -0.1) is 0 Å². The summed E-state index contributed by atoms with van der Waals surface area (Å²) < 4.78 is 5.56. The van der Waals surface area contributed by atoms with E-state index in [4.69, 9.17) is 4.74 Å². The third-order valence-corrected chi connectivity index (χ3v) is 4.68. The van der Waals surface area contributed by atoms with Crippen LogP contribution in [0.3, 0.4) is 0 Å². The zero-order chi connectivity index (χ0) is 19.8. The van der Waals surface area contributed by atoms with E-state index in [0.717, 1.165) is 16.3 Å². The number of hydrogen-bond donors (Lipinski definition) is 0. The molecule has 1 aliphatic heterocycles. The van der Waals surface area contributed by atoms with Gasteiger partial charge in [-0.3, -0.25) is 15.0 Å². The third-order valence-electron chi connectivity index (χ3n) is 4.68. The molecule has 0 aliphatic carbocycles. The molecule has 142 valence electrons. The first-order valence-electron chi connectivity index (χ1n) is 8.99. The molecule has 0 radical (unpaired) electrons. The number of fused-ring (bicyclic) bond motifs is 1. The van der Waals surface area contributed by atoms with Gasteiger partial charge in [-0.25, -0.2) is 4.79 Å². The van der Waals surface area contributed by atoms with E-state index in [1.54, 1.807) is 33.8 Å². The van der Waals surface area contributed by atoms with Crippen molar-refractivity contribution in [1.82, 2.24) is 4.90 Å². The number of ether oxygens (including phenoxy) is 1. The lowest BCUT2D eigenvalue weighted by Crippen LogP contribution is -2.47. The molecule has 2 aromatic rings. The predicted octanol–water partition coefficient (Wildman–Crippen LogP) is 5.07. The van der Waals surface area contributed by atoms with Gasteiger partial charge in [-0.1, -0.05) is 48.5 Å². The molecule has 27 heavy (non-hydrogen) atoms. The average Bonchev–Trinajstić information content (AvgIpc) is 2.59. The Hall–Kier alpha value is -2.89. The number of hydrogen-bond acceptors (Lipinski definition) is 4. The molecule has 1 aliphatic rings. The minimum atomic E-state index is -0.938. The van der Waals surface area contributed by atoms with Gasteiger partial charge in [-0.05, 0) is 44.0 Å². The van der Waals surface area contributed by atoms with Crippen LogP contribution in [-0.2, 0) is 4.74 Å². The van der Waals surface area contributed by atoms with Gasteiger partial charge in [0.1, 0.15) is 11.6 Å². The number of carbonyl (C=O) groups is 1. The molecule has 1 amide bonds. The SMILES string of the molecule is CC1=CC[C@@H]([N+](=O)[O-])[C@H](c2cccc3ccccc23)N1C(=O)OC(C)(C)C. The standard InChI is InChI=1S/C21H24N2O4/c1-14-12-13-18(23(25)26)19(22(14)20(24)27-21(2,3)4)17-11-7-9-15-8-5-6-10-16(15)17/h5-12,18-19H,13H2,1-4H3/t18-,19+/m1/s1. The van der Waals surface area contributed by atoms with E-state index < -0.39 is 23.8 Å². The minimum Gasteiger partial charge on any atom is -0.443 e. The highest BCUT2D eigenvalue weighted by molar-refractivity contribution is 5.87. The van der Waals surface area contributed by atoms with Crippen LogP contribution in [0.2, 0.25) is 0 Å². The normalized spacial score (nSPS) is 20.3. The molecule has 1 heterocycles. The van der Waals surface area contributed by atoms with Gasteiger partial charge >= 0.3 is 6.09 Å². The predicted molar refractivity (Wildman–Crippen MR) is 104 cm³/mol. The molecular formula is C21H24N2O4. The van der Waals surface area contributed by atoms with Crippen LogP contribution in [0.25, 0.3) is 10.8 Å². The van der Waals surface area contributed by atoms with Gasteiger partial charge in [0.2, 0.25) is 6.04 Å². The lowest BCUT2D eigenvalue weighted by molar-refractivity contribution is -0.530. The second-order valence-electron chi connectivity index (χ2n) is 7.80. The van der Waals surface area contributed by atoms with Crippen LogP contribution in [0, 0.1) is 10.1 Å². The van der Waals surface area contributed by atoms with Crippen molar-refractivity contribution in [2.75, 3.05) is 0 Å². The van der Waals surface area contributed by atoms with Crippen molar-refractivity contribution < 1.29 is 14.5 Å². The first kappa shape index (κ1) is 18.9. The van der Waals surface area contributed by atoms with Crippen LogP contribution in [0.5, 0.6) is 0 Å². The topological polar surface area (TPSA) is 72.7 Å². The summed E-state index contributed by atoms with van der Waals surface area (Å²) in [6.07, 6.45) is 1.44. The van der Waals surface area contributed by atoms with Gasteiger partial charge in [0.25, 0.3) is 0 Å². The minimum absolute atomic E-state index is 0.270. The van der Waals surface area contributed by atoms with Crippen LogP contribution in [0.15, 0.2) is 54.2 Å². The van der Waals surface area contributed by atoms with Crippen molar-refractivity contribution in [3.8, 4) is 0 Å². The first-order valence-corrected chi connectivity index (χ1v) is 8.99. The number of amides is 1. The summed E-state index contributed by atoms with van der Waals surface area (Å²) in [4.78, 5) is 25.9. The van der Waals surface area contributed by atoms with Crippen molar-refractivity contribution in [1.29, 1.82) is 0 Å². The molecule has 0 saturated carbocycles. The van der Waals surface area contributed by atoms with Crippen molar-refractivity contribution in [3.05, 3.63) is 69.9 Å². The van der Waals surface area contributed by atoms with Crippen LogP contribution in [0.4, 0.5) is 4.79 Å². The van der Waals surface area contributed by atoms with Gasteiger partial charge in [0, 0.05) is 17.0 Å². The van der Waals surface area contributed by atoms with E-state index in [9.17, 15) is 14.9 Å². The molecule has 0 N–H and O–H groups in total. The number of rotatable bonds is 2. The van der Waals surface area contributed by atoms with Crippen molar-refractivity contribution in [2.45, 2.75) is 51.8 Å². The fraction of sp³-hybridized carbons (Fsp3) is 0.381. The molecule has 0 fully saturated rings. The molecule has 0 saturated heterocycles. The Kier molecular flexibility index (Phi) is 4.91. The Morgan fingerprint density at radius 3 is 2.52 bits per heavy atom. The van der Waals surface area contributed by atoms with Gasteiger partial charge < -0.3 is 4.74 Å². The van der Waals surface area contributed by atoms with E-state index in [0.29, 0.717) is 5.70 Å². The van der Waals surface area contributed by atoms with Crippen LogP contribution >= 0.6 is 0 Å². The Balaban J connectivity index is 2.17. The Labute approximate surface area is 158 Å². The molecule has 2 aromatic carbocycles. The highest BCUT2D eigenvalue weighted by atomic mass is 16.6. The molecule has 0 spiro atoms. The molecule has 0 unspecified atom stereocenters. The summed E-state index contributed by atoms with van der Waals surface area (Å²) in [7, 11) is 0. The quantitative estimate of drug-likeness (QED) is 0.548. The number of benzene rings is 2. The zero-order valence-electron chi connectivity index (χ0n) is 16.0. The Morgan fingerprint density at radius 1 is 1.19 bits per heavy atom. The Morgan fingerprint density at radius 2 is 1.85 bits per heavy atom. The summed E-state index contributed by atoms with van der Waals surface area (Å²) in [6.45, 7) is 7.14. The molecule has 0 bridgehead atoms.